The monoisotopic (exact) mass is 422 g/mol. The smallest absolute Gasteiger partial charge is 0.408 e. The maximum atomic E-state index is 12.7. The number of nitrogens with zero attached hydrogens (tertiary/aromatic N) is 2. The van der Waals surface area contributed by atoms with Crippen LogP contribution in [0, 0.1) is 0 Å². The summed E-state index contributed by atoms with van der Waals surface area (Å²) in [6.45, 7) is 1.34. The third-order valence-electron chi connectivity index (χ3n) is 4.27. The third kappa shape index (κ3) is 7.68. The van der Waals surface area contributed by atoms with Crippen molar-refractivity contribution < 1.29 is 28.7 Å². The number of hydrogen-bond acceptors (Lipinski definition) is 5. The maximum absolute atomic E-state index is 12.7. The van der Waals surface area contributed by atoms with Crippen LogP contribution in [0.15, 0.2) is 60.7 Å². The van der Waals surface area contributed by atoms with Crippen LogP contribution >= 0.6 is 0 Å². The first-order chi connectivity index (χ1) is 14.9. The molecule has 31 heavy (non-hydrogen) atoms. The average Bonchev–Trinajstić information content (AvgIpc) is 2.78. The van der Waals surface area contributed by atoms with Gasteiger partial charge in [-0.2, -0.15) is 4.79 Å². The Kier molecular flexibility index (Phi) is 8.82. The van der Waals surface area contributed by atoms with Crippen LogP contribution in [0.2, 0.25) is 0 Å². The van der Waals surface area contributed by atoms with Gasteiger partial charge in [0.1, 0.15) is 12.6 Å². The van der Waals surface area contributed by atoms with Gasteiger partial charge in [-0.15, -0.1) is 0 Å². The number of Topliss-reactive ketones (excluding diaryl/α,β-unsaturated/α-hetero) is 2. The van der Waals surface area contributed by atoms with Gasteiger partial charge in [-0.25, -0.2) is 4.79 Å². The minimum absolute atomic E-state index is 0.0240. The fourth-order valence-corrected chi connectivity index (χ4v) is 2.68. The zero-order valence-electron chi connectivity index (χ0n) is 16.9. The predicted molar refractivity (Wildman–Crippen MR) is 111 cm³/mol. The summed E-state index contributed by atoms with van der Waals surface area (Å²) in [4.78, 5) is 51.0. The van der Waals surface area contributed by atoms with Gasteiger partial charge in [0.05, 0.1) is 6.04 Å². The SMILES string of the molecule is C[C@@H](NC(=O)[C@@H](Cc1ccccc1)NC(=O)OCc1ccccc1)C(=O)C(=O)C=[N+]=[N-]. The van der Waals surface area contributed by atoms with Crippen molar-refractivity contribution in [2.75, 3.05) is 0 Å². The van der Waals surface area contributed by atoms with Gasteiger partial charge >= 0.3 is 18.1 Å². The lowest BCUT2D eigenvalue weighted by Gasteiger charge is -2.20. The summed E-state index contributed by atoms with van der Waals surface area (Å²) in [5.74, 6) is -2.70. The summed E-state index contributed by atoms with van der Waals surface area (Å²) in [5.41, 5.74) is 9.94. The van der Waals surface area contributed by atoms with Crippen molar-refractivity contribution in [2.45, 2.75) is 32.0 Å². The van der Waals surface area contributed by atoms with Crippen LogP contribution in [0.25, 0.3) is 5.53 Å². The van der Waals surface area contributed by atoms with Crippen LogP contribution in [-0.4, -0.2) is 46.7 Å². The Morgan fingerprint density at radius 3 is 2.13 bits per heavy atom. The van der Waals surface area contributed by atoms with Gasteiger partial charge in [0, 0.05) is 6.42 Å². The van der Waals surface area contributed by atoms with Gasteiger partial charge in [0.2, 0.25) is 11.7 Å². The standard InChI is InChI=1S/C22H22N4O5/c1-15(20(28)19(27)13-24-23)25-21(29)18(12-16-8-4-2-5-9-16)26-22(30)31-14-17-10-6-3-7-11-17/h2-11,13,15,18H,12,14H2,1H3,(H,25,29)(H,26,30)/t15-,18-/m1/s1. The molecule has 0 heterocycles. The molecule has 0 radical (unpaired) electrons. The lowest BCUT2D eigenvalue weighted by molar-refractivity contribution is -0.136. The highest BCUT2D eigenvalue weighted by Gasteiger charge is 2.28. The zero-order chi connectivity index (χ0) is 22.6. The molecule has 2 atom stereocenters. The van der Waals surface area contributed by atoms with Crippen molar-refractivity contribution >= 4 is 29.8 Å². The summed E-state index contributed by atoms with van der Waals surface area (Å²) in [7, 11) is 0. The van der Waals surface area contributed by atoms with Crippen molar-refractivity contribution in [3.8, 4) is 0 Å². The van der Waals surface area contributed by atoms with Crippen LogP contribution in [0.5, 0.6) is 0 Å². The van der Waals surface area contributed by atoms with Gasteiger partial charge < -0.3 is 20.9 Å². The number of nitrogens with one attached hydrogen (secondary N) is 2. The minimum Gasteiger partial charge on any atom is -0.445 e. The van der Waals surface area contributed by atoms with E-state index in [9.17, 15) is 19.2 Å². The molecule has 9 heteroatoms. The number of ketones is 2. The van der Waals surface area contributed by atoms with Crippen molar-refractivity contribution in [1.29, 1.82) is 0 Å². The van der Waals surface area contributed by atoms with E-state index in [2.05, 4.69) is 15.4 Å². The largest absolute Gasteiger partial charge is 0.445 e. The number of alkyl carbamates (subject to hydrolysis) is 1. The molecule has 160 valence electrons. The van der Waals surface area contributed by atoms with E-state index in [0.29, 0.717) is 6.21 Å². The average molecular weight is 422 g/mol. The Morgan fingerprint density at radius 1 is 0.968 bits per heavy atom. The molecule has 2 rings (SSSR count). The molecular weight excluding hydrogens is 400 g/mol. The van der Waals surface area contributed by atoms with Crippen molar-refractivity contribution in [3.05, 3.63) is 77.3 Å². The van der Waals surface area contributed by atoms with Crippen molar-refractivity contribution in [3.63, 3.8) is 0 Å². The summed E-state index contributed by atoms with van der Waals surface area (Å²) in [5, 5.41) is 4.89. The van der Waals surface area contributed by atoms with E-state index in [4.69, 9.17) is 10.3 Å². The summed E-state index contributed by atoms with van der Waals surface area (Å²) < 4.78 is 5.17. The molecule has 9 nitrogen and oxygen atoms in total. The molecule has 2 N–H and O–H groups in total. The van der Waals surface area contributed by atoms with E-state index < -0.39 is 35.7 Å². The molecule has 0 unspecified atom stereocenters. The maximum Gasteiger partial charge on any atom is 0.408 e. The summed E-state index contributed by atoms with van der Waals surface area (Å²) in [6, 6.07) is 15.8. The van der Waals surface area contributed by atoms with Crippen LogP contribution in [-0.2, 0) is 32.1 Å². The summed E-state index contributed by atoms with van der Waals surface area (Å²) >= 11 is 0. The molecule has 0 bridgehead atoms. The van der Waals surface area contributed by atoms with E-state index in [0.717, 1.165) is 11.1 Å². The predicted octanol–water partition coefficient (Wildman–Crippen LogP) is 1.47. The number of rotatable bonds is 10. The molecule has 0 aliphatic heterocycles. The first-order valence-corrected chi connectivity index (χ1v) is 9.47. The molecule has 0 aromatic heterocycles. The number of carbonyl (C=O) groups is 4. The zero-order valence-corrected chi connectivity index (χ0v) is 16.9. The summed E-state index contributed by atoms with van der Waals surface area (Å²) in [6.07, 6.45) is -0.214. The van der Waals surface area contributed by atoms with Crippen molar-refractivity contribution in [2.24, 2.45) is 0 Å². The lowest BCUT2D eigenvalue weighted by Crippen LogP contribution is -2.52. The second-order valence-electron chi connectivity index (χ2n) is 6.65. The van der Waals surface area contributed by atoms with E-state index in [1.807, 2.05) is 24.3 Å². The van der Waals surface area contributed by atoms with Crippen molar-refractivity contribution in [1.82, 2.24) is 10.6 Å². The van der Waals surface area contributed by atoms with Crippen LogP contribution in [0.1, 0.15) is 18.1 Å². The molecule has 0 saturated heterocycles. The minimum atomic E-state index is -1.18. The highest BCUT2D eigenvalue weighted by Crippen LogP contribution is 2.06. The quantitative estimate of drug-likeness (QED) is 0.258. The van der Waals surface area contributed by atoms with Crippen LogP contribution in [0.3, 0.4) is 0 Å². The van der Waals surface area contributed by atoms with Gasteiger partial charge in [-0.1, -0.05) is 60.7 Å². The number of benzene rings is 2. The van der Waals surface area contributed by atoms with Gasteiger partial charge in [0.25, 0.3) is 0 Å². The Balaban J connectivity index is 2.05. The third-order valence-corrected chi connectivity index (χ3v) is 4.27. The normalized spacial score (nSPS) is 11.9. The Morgan fingerprint density at radius 2 is 1.55 bits per heavy atom. The highest BCUT2D eigenvalue weighted by atomic mass is 16.5. The Bertz CT molecular complexity index is 972. The molecule has 2 amide bonds. The van der Waals surface area contributed by atoms with E-state index >= 15 is 0 Å². The second-order valence-corrected chi connectivity index (χ2v) is 6.65. The second kappa shape index (κ2) is 11.8. The number of ether oxygens (including phenoxy) is 1. The molecular formula is C22H22N4O5. The number of amides is 2. The fourth-order valence-electron chi connectivity index (χ4n) is 2.68. The van der Waals surface area contributed by atoms with E-state index in [-0.39, 0.29) is 13.0 Å². The molecule has 0 aliphatic carbocycles. The van der Waals surface area contributed by atoms with Gasteiger partial charge in [-0.05, 0) is 18.1 Å². The number of hydrogen-bond donors (Lipinski definition) is 2. The molecule has 0 saturated carbocycles. The van der Waals surface area contributed by atoms with Gasteiger partial charge in [0.15, 0.2) is 0 Å². The van der Waals surface area contributed by atoms with Crippen LogP contribution in [0.4, 0.5) is 4.79 Å². The Labute approximate surface area is 179 Å². The van der Waals surface area contributed by atoms with E-state index in [1.54, 1.807) is 36.4 Å². The first kappa shape index (κ1) is 23.2. The topological polar surface area (TPSA) is 138 Å². The Hall–Kier alpha value is -4.10. The number of carbonyl (C=O) groups excluding carboxylic acids is 4. The first-order valence-electron chi connectivity index (χ1n) is 9.47. The highest BCUT2D eigenvalue weighted by molar-refractivity contribution is 6.59. The molecule has 2 aromatic carbocycles. The van der Waals surface area contributed by atoms with Gasteiger partial charge in [-0.3, -0.25) is 14.4 Å². The molecule has 2 aromatic rings. The van der Waals surface area contributed by atoms with Crippen LogP contribution < -0.4 is 10.6 Å². The molecule has 0 fully saturated rings. The molecule has 0 aliphatic rings. The molecule has 0 spiro atoms. The fraction of sp³-hybridized carbons (Fsp3) is 0.227. The lowest BCUT2D eigenvalue weighted by atomic mass is 10.0. The van der Waals surface area contributed by atoms with E-state index in [1.165, 1.54) is 6.92 Å².